The number of urea groups is 1. The number of rotatable bonds is 7. The third-order valence-electron chi connectivity index (χ3n) is 6.18. The van der Waals surface area contributed by atoms with Crippen LogP contribution in [0.15, 0.2) is 6.07 Å². The first-order valence-corrected chi connectivity index (χ1v) is 10.2. The van der Waals surface area contributed by atoms with Gasteiger partial charge in [0.05, 0.1) is 13.2 Å². The molecule has 1 saturated carbocycles. The predicted molar refractivity (Wildman–Crippen MR) is 105 cm³/mol. The zero-order chi connectivity index (χ0) is 21.3. The first-order chi connectivity index (χ1) is 13.8. The number of hydrogen-bond acceptors (Lipinski definition) is 5. The summed E-state index contributed by atoms with van der Waals surface area (Å²) in [5, 5.41) is 0. The van der Waals surface area contributed by atoms with E-state index in [1.165, 1.54) is 0 Å². The Bertz CT molecular complexity index is 844. The summed E-state index contributed by atoms with van der Waals surface area (Å²) < 4.78 is 7.07. The number of carbonyl (C=O) groups excluding carboxylic acids is 4. The van der Waals surface area contributed by atoms with Gasteiger partial charge in [-0.25, -0.2) is 9.69 Å². The molecule has 1 aromatic rings. The molecule has 0 unspecified atom stereocenters. The highest BCUT2D eigenvalue weighted by atomic mass is 16.5. The molecule has 2 fully saturated rings. The van der Waals surface area contributed by atoms with Crippen molar-refractivity contribution in [3.63, 3.8) is 0 Å². The lowest BCUT2D eigenvalue weighted by atomic mass is 9.85. The first-order valence-electron chi connectivity index (χ1n) is 10.2. The summed E-state index contributed by atoms with van der Waals surface area (Å²) in [4.78, 5) is 52.6. The Labute approximate surface area is 170 Å². The maximum absolute atomic E-state index is 12.9. The Morgan fingerprint density at radius 1 is 1.14 bits per heavy atom. The Morgan fingerprint density at radius 3 is 2.48 bits per heavy atom. The van der Waals surface area contributed by atoms with E-state index >= 15 is 0 Å². The molecule has 0 spiro atoms. The summed E-state index contributed by atoms with van der Waals surface area (Å²) in [5.74, 6) is -1.92. The quantitative estimate of drug-likeness (QED) is 0.396. The average Bonchev–Trinajstić information content (AvgIpc) is 3.08. The van der Waals surface area contributed by atoms with E-state index in [1.807, 2.05) is 25.3 Å². The largest absolute Gasteiger partial charge is 0.383 e. The molecule has 0 radical (unpaired) electrons. The number of ether oxygens (including phenoxy) is 1. The van der Waals surface area contributed by atoms with Gasteiger partial charge in [-0.05, 0) is 38.7 Å². The minimum Gasteiger partial charge on any atom is -0.383 e. The number of imide groups is 2. The van der Waals surface area contributed by atoms with Crippen molar-refractivity contribution in [3.8, 4) is 0 Å². The van der Waals surface area contributed by atoms with E-state index in [-0.39, 0.29) is 17.7 Å². The molecule has 1 aromatic heterocycles. The van der Waals surface area contributed by atoms with Crippen LogP contribution in [0.5, 0.6) is 0 Å². The Kier molecular flexibility index (Phi) is 6.21. The van der Waals surface area contributed by atoms with Crippen LogP contribution in [-0.2, 0) is 20.9 Å². The number of carbonyl (C=O) groups is 4. The summed E-state index contributed by atoms with van der Waals surface area (Å²) in [6.07, 6.45) is 3.60. The lowest BCUT2D eigenvalue weighted by Crippen LogP contribution is -2.46. The van der Waals surface area contributed by atoms with E-state index in [2.05, 4.69) is 0 Å². The van der Waals surface area contributed by atoms with Crippen LogP contribution in [0.1, 0.15) is 54.4 Å². The zero-order valence-electron chi connectivity index (χ0n) is 17.6. The topological polar surface area (TPSA) is 88.9 Å². The van der Waals surface area contributed by atoms with Crippen molar-refractivity contribution in [1.29, 1.82) is 0 Å². The molecule has 2 aliphatic rings. The van der Waals surface area contributed by atoms with Crippen LogP contribution >= 0.6 is 0 Å². The highest BCUT2D eigenvalue weighted by molar-refractivity contribution is 6.45. The lowest BCUT2D eigenvalue weighted by molar-refractivity contribution is -0.144. The summed E-state index contributed by atoms with van der Waals surface area (Å²) in [5.41, 5.74) is 2.11. The normalized spacial score (nSPS) is 22.7. The van der Waals surface area contributed by atoms with Crippen LogP contribution < -0.4 is 0 Å². The molecular formula is C21H29N3O5. The maximum Gasteiger partial charge on any atom is 0.334 e. The van der Waals surface area contributed by atoms with Crippen LogP contribution in [0.25, 0.3) is 0 Å². The Balaban J connectivity index is 1.78. The minimum absolute atomic E-state index is 0.153. The Morgan fingerprint density at radius 2 is 1.83 bits per heavy atom. The molecule has 29 heavy (non-hydrogen) atoms. The fraction of sp³-hybridized carbons (Fsp3) is 0.619. The molecule has 3 rings (SSSR count). The van der Waals surface area contributed by atoms with Gasteiger partial charge < -0.3 is 9.30 Å². The van der Waals surface area contributed by atoms with Gasteiger partial charge in [-0.2, -0.15) is 0 Å². The standard InChI is InChI=1S/C21H29N3O5/c1-13-7-5-6-8-17(13)24-20(27)19(26)23(21(24)28)12-18(25)16-11-14(2)22(15(16)3)9-10-29-4/h11,13,17H,5-10,12H2,1-4H3/t13-,17+/m0/s1. The number of ketones is 1. The van der Waals surface area contributed by atoms with Crippen LogP contribution in [0.2, 0.25) is 0 Å². The minimum atomic E-state index is -0.908. The predicted octanol–water partition coefficient (Wildman–Crippen LogP) is 2.30. The van der Waals surface area contributed by atoms with E-state index in [4.69, 9.17) is 4.74 Å². The second-order valence-electron chi connectivity index (χ2n) is 8.03. The lowest BCUT2D eigenvalue weighted by Gasteiger charge is -2.34. The van der Waals surface area contributed by atoms with Crippen molar-refractivity contribution in [2.24, 2.45) is 5.92 Å². The van der Waals surface area contributed by atoms with E-state index < -0.39 is 24.4 Å². The molecule has 2 atom stereocenters. The van der Waals surface area contributed by atoms with Gasteiger partial charge in [-0.3, -0.25) is 19.3 Å². The van der Waals surface area contributed by atoms with Gasteiger partial charge in [0, 0.05) is 36.6 Å². The maximum atomic E-state index is 12.9. The van der Waals surface area contributed by atoms with Gasteiger partial charge in [0.2, 0.25) is 0 Å². The van der Waals surface area contributed by atoms with E-state index in [9.17, 15) is 19.2 Å². The molecule has 0 N–H and O–H groups in total. The summed E-state index contributed by atoms with van der Waals surface area (Å²) in [6, 6.07) is 0.813. The number of amides is 4. The highest BCUT2D eigenvalue weighted by Crippen LogP contribution is 2.31. The average molecular weight is 403 g/mol. The molecule has 2 heterocycles. The number of Topliss-reactive ketones (excluding diaryl/α,β-unsaturated/α-hetero) is 1. The first kappa shape index (κ1) is 21.2. The van der Waals surface area contributed by atoms with Crippen molar-refractivity contribution in [2.75, 3.05) is 20.3 Å². The van der Waals surface area contributed by atoms with Gasteiger partial charge in [-0.1, -0.05) is 19.8 Å². The zero-order valence-corrected chi connectivity index (χ0v) is 17.6. The number of nitrogens with zero attached hydrogens (tertiary/aromatic N) is 3. The molecule has 0 bridgehead atoms. The van der Waals surface area contributed by atoms with Gasteiger partial charge in [-0.15, -0.1) is 0 Å². The summed E-state index contributed by atoms with van der Waals surface area (Å²) in [7, 11) is 1.61. The van der Waals surface area contributed by atoms with Crippen LogP contribution in [0, 0.1) is 19.8 Å². The number of aromatic nitrogens is 1. The SMILES string of the molecule is COCCn1c(C)cc(C(=O)CN2C(=O)C(=O)N([C@@H]3CCCC[C@@H]3C)C2=O)c1C. The van der Waals surface area contributed by atoms with Gasteiger partial charge >= 0.3 is 17.8 Å². The molecule has 0 aromatic carbocycles. The van der Waals surface area contributed by atoms with Crippen LogP contribution in [0.4, 0.5) is 4.79 Å². The smallest absolute Gasteiger partial charge is 0.334 e. The van der Waals surface area contributed by atoms with Crippen molar-refractivity contribution >= 4 is 23.6 Å². The molecule has 1 aliphatic carbocycles. The second kappa shape index (κ2) is 8.49. The number of aryl methyl sites for hydroxylation is 1. The molecule has 4 amide bonds. The Hall–Kier alpha value is -2.48. The summed E-state index contributed by atoms with van der Waals surface area (Å²) in [6.45, 7) is 6.41. The highest BCUT2D eigenvalue weighted by Gasteiger charge is 2.49. The molecule has 8 nitrogen and oxygen atoms in total. The molecule has 8 heteroatoms. The van der Waals surface area contributed by atoms with Gasteiger partial charge in [0.15, 0.2) is 5.78 Å². The van der Waals surface area contributed by atoms with Gasteiger partial charge in [0.1, 0.15) is 0 Å². The van der Waals surface area contributed by atoms with E-state index in [0.717, 1.165) is 40.5 Å². The fourth-order valence-corrected chi connectivity index (χ4v) is 4.47. The van der Waals surface area contributed by atoms with Gasteiger partial charge in [0.25, 0.3) is 0 Å². The number of hydrogen-bond donors (Lipinski definition) is 0. The molecular weight excluding hydrogens is 374 g/mol. The second-order valence-corrected chi connectivity index (χ2v) is 8.03. The van der Waals surface area contributed by atoms with Crippen molar-refractivity contribution in [2.45, 2.75) is 59.0 Å². The van der Waals surface area contributed by atoms with E-state index in [1.54, 1.807) is 13.2 Å². The third-order valence-corrected chi connectivity index (χ3v) is 6.18. The van der Waals surface area contributed by atoms with Crippen molar-refractivity contribution in [1.82, 2.24) is 14.4 Å². The fourth-order valence-electron chi connectivity index (χ4n) is 4.47. The molecule has 1 saturated heterocycles. The van der Waals surface area contributed by atoms with Crippen molar-refractivity contribution < 1.29 is 23.9 Å². The van der Waals surface area contributed by atoms with Crippen LogP contribution in [0.3, 0.4) is 0 Å². The number of methoxy groups -OCH3 is 1. The molecule has 1 aliphatic heterocycles. The summed E-state index contributed by atoms with van der Waals surface area (Å²) >= 11 is 0. The van der Waals surface area contributed by atoms with Crippen molar-refractivity contribution in [3.05, 3.63) is 23.0 Å². The van der Waals surface area contributed by atoms with E-state index in [0.29, 0.717) is 25.1 Å². The van der Waals surface area contributed by atoms with Crippen LogP contribution in [-0.4, -0.2) is 64.3 Å². The molecule has 158 valence electrons. The third kappa shape index (κ3) is 3.85. The monoisotopic (exact) mass is 403 g/mol.